The Morgan fingerprint density at radius 1 is 1.09 bits per heavy atom. The summed E-state index contributed by atoms with van der Waals surface area (Å²) in [5.74, 6) is 0.0679. The minimum Gasteiger partial charge on any atom is -0.493 e. The summed E-state index contributed by atoms with van der Waals surface area (Å²) in [7, 11) is 2.08. The molecule has 0 aliphatic carbocycles. The van der Waals surface area contributed by atoms with Gasteiger partial charge in [-0.25, -0.2) is 0 Å². The highest BCUT2D eigenvalue weighted by molar-refractivity contribution is 6.05. The summed E-state index contributed by atoms with van der Waals surface area (Å²) in [5, 5.41) is 20.4. The van der Waals surface area contributed by atoms with Gasteiger partial charge in [-0.1, -0.05) is 12.1 Å². The molecule has 0 aromatic heterocycles. The van der Waals surface area contributed by atoms with Crippen molar-refractivity contribution in [1.29, 1.82) is 5.41 Å². The van der Waals surface area contributed by atoms with Crippen LogP contribution in [0.25, 0.3) is 0 Å². The van der Waals surface area contributed by atoms with Gasteiger partial charge in [0.05, 0.1) is 13.0 Å². The number of likely N-dealkylation sites (N-methyl/N-ethyl adjacent to an activating group) is 1. The maximum Gasteiger partial charge on any atom is 0.303 e. The van der Waals surface area contributed by atoms with Crippen LogP contribution in [0.15, 0.2) is 42.5 Å². The Kier molecular flexibility index (Phi) is 6.41. The van der Waals surface area contributed by atoms with Crippen molar-refractivity contribution in [3.8, 4) is 5.75 Å². The Hall–Kier alpha value is -3.39. The second-order valence-corrected chi connectivity index (χ2v) is 8.47. The monoisotopic (exact) mass is 436 g/mol. The lowest BCUT2D eigenvalue weighted by molar-refractivity contribution is -0.138. The van der Waals surface area contributed by atoms with Crippen molar-refractivity contribution in [1.82, 2.24) is 9.80 Å². The van der Waals surface area contributed by atoms with Gasteiger partial charge in [0.1, 0.15) is 11.6 Å². The maximum atomic E-state index is 12.7. The molecule has 0 radical (unpaired) electrons. The summed E-state index contributed by atoms with van der Waals surface area (Å²) in [6.07, 6.45) is 0.667. The van der Waals surface area contributed by atoms with E-state index in [2.05, 4.69) is 22.2 Å². The van der Waals surface area contributed by atoms with E-state index in [0.717, 1.165) is 43.1 Å². The molecule has 0 spiro atoms. The Balaban J connectivity index is 1.39. The maximum absolute atomic E-state index is 12.7. The third-order valence-electron chi connectivity index (χ3n) is 6.00. The van der Waals surface area contributed by atoms with Crippen LogP contribution in [-0.2, 0) is 11.2 Å². The van der Waals surface area contributed by atoms with Gasteiger partial charge in [0.25, 0.3) is 5.91 Å². The molecule has 1 amide bonds. The number of nitrogens with one attached hydrogen (secondary N) is 2. The van der Waals surface area contributed by atoms with Crippen molar-refractivity contribution in [2.24, 2.45) is 5.92 Å². The van der Waals surface area contributed by atoms with E-state index in [1.807, 2.05) is 24.3 Å². The van der Waals surface area contributed by atoms with Gasteiger partial charge in [0, 0.05) is 48.9 Å². The second kappa shape index (κ2) is 9.40. The number of carbonyl (C=O) groups is 2. The number of anilines is 1. The number of carboxylic acid groups (broad SMARTS) is 1. The normalized spacial score (nSPS) is 18.4. The lowest BCUT2D eigenvalue weighted by Crippen LogP contribution is -2.47. The number of carbonyl (C=O) groups excluding carboxylic acids is 1. The van der Waals surface area contributed by atoms with E-state index in [9.17, 15) is 9.59 Å². The first kappa shape index (κ1) is 21.8. The average molecular weight is 437 g/mol. The number of amides is 1. The van der Waals surface area contributed by atoms with Crippen molar-refractivity contribution in [3.63, 3.8) is 0 Å². The van der Waals surface area contributed by atoms with Gasteiger partial charge in [0.15, 0.2) is 0 Å². The van der Waals surface area contributed by atoms with Gasteiger partial charge in [-0.2, -0.15) is 0 Å². The van der Waals surface area contributed by atoms with Gasteiger partial charge in [-0.15, -0.1) is 0 Å². The van der Waals surface area contributed by atoms with Crippen molar-refractivity contribution >= 4 is 23.4 Å². The average Bonchev–Trinajstić information content (AvgIpc) is 2.78. The van der Waals surface area contributed by atoms with Crippen molar-refractivity contribution < 1.29 is 19.4 Å². The van der Waals surface area contributed by atoms with Crippen LogP contribution in [0.1, 0.15) is 27.9 Å². The van der Waals surface area contributed by atoms with E-state index in [4.69, 9.17) is 15.3 Å². The second-order valence-electron chi connectivity index (χ2n) is 8.47. The highest BCUT2D eigenvalue weighted by atomic mass is 16.5. The summed E-state index contributed by atoms with van der Waals surface area (Å²) >= 11 is 0. The molecule has 168 valence electrons. The summed E-state index contributed by atoms with van der Waals surface area (Å²) < 4.78 is 5.67. The number of amidine groups is 1. The van der Waals surface area contributed by atoms with E-state index >= 15 is 0 Å². The molecule has 4 rings (SSSR count). The van der Waals surface area contributed by atoms with E-state index in [1.54, 1.807) is 18.2 Å². The fraction of sp³-hybridized carbons (Fsp3) is 0.375. The number of hydrogen-bond donors (Lipinski definition) is 3. The summed E-state index contributed by atoms with van der Waals surface area (Å²) in [6.45, 7) is 3.91. The number of nitrogens with zero attached hydrogens (tertiary/aromatic N) is 2. The van der Waals surface area contributed by atoms with Crippen molar-refractivity contribution in [3.05, 3.63) is 59.2 Å². The molecule has 1 unspecified atom stereocenters. The largest absolute Gasteiger partial charge is 0.493 e. The van der Waals surface area contributed by atoms with Gasteiger partial charge >= 0.3 is 5.97 Å². The van der Waals surface area contributed by atoms with Crippen LogP contribution in [0.2, 0.25) is 0 Å². The number of hydrogen-bond acceptors (Lipinski definition) is 5. The molecule has 32 heavy (non-hydrogen) atoms. The quantitative estimate of drug-likeness (QED) is 0.491. The first-order chi connectivity index (χ1) is 15.4. The van der Waals surface area contributed by atoms with E-state index in [0.29, 0.717) is 30.1 Å². The van der Waals surface area contributed by atoms with Crippen LogP contribution in [0, 0.1) is 11.3 Å². The zero-order chi connectivity index (χ0) is 22.7. The van der Waals surface area contributed by atoms with Crippen LogP contribution in [-0.4, -0.2) is 72.5 Å². The lowest BCUT2D eigenvalue weighted by Gasteiger charge is -2.34. The van der Waals surface area contributed by atoms with Crippen LogP contribution in [0.5, 0.6) is 5.75 Å². The van der Waals surface area contributed by atoms with Gasteiger partial charge in [-0.3, -0.25) is 15.0 Å². The number of fused-ring (bicyclic) bond motifs is 1. The highest BCUT2D eigenvalue weighted by Gasteiger charge is 2.23. The zero-order valence-electron chi connectivity index (χ0n) is 18.1. The minimum atomic E-state index is -0.837. The molecule has 1 fully saturated rings. The molecule has 8 heteroatoms. The number of ether oxygens (including phenoxy) is 1. The van der Waals surface area contributed by atoms with Crippen LogP contribution >= 0.6 is 0 Å². The molecule has 0 bridgehead atoms. The van der Waals surface area contributed by atoms with E-state index in [-0.39, 0.29) is 18.2 Å². The molecule has 2 heterocycles. The molecule has 2 aliphatic heterocycles. The van der Waals surface area contributed by atoms with Crippen LogP contribution < -0.4 is 10.1 Å². The number of rotatable bonds is 5. The fourth-order valence-corrected chi connectivity index (χ4v) is 4.11. The van der Waals surface area contributed by atoms with Crippen LogP contribution in [0.4, 0.5) is 5.69 Å². The van der Waals surface area contributed by atoms with E-state index in [1.165, 1.54) is 0 Å². The molecule has 2 aromatic carbocycles. The zero-order valence-corrected chi connectivity index (χ0v) is 18.1. The number of benzene rings is 2. The molecule has 3 N–H and O–H groups in total. The van der Waals surface area contributed by atoms with Crippen molar-refractivity contribution in [2.75, 3.05) is 45.2 Å². The summed E-state index contributed by atoms with van der Waals surface area (Å²) in [5.41, 5.74) is 2.85. The predicted molar refractivity (Wildman–Crippen MR) is 122 cm³/mol. The predicted octanol–water partition coefficient (Wildman–Crippen LogP) is 2.54. The molecule has 1 atom stereocenters. The first-order valence-electron chi connectivity index (χ1n) is 10.8. The van der Waals surface area contributed by atoms with E-state index < -0.39 is 5.97 Å². The first-order valence-corrected chi connectivity index (χ1v) is 10.8. The van der Waals surface area contributed by atoms with Gasteiger partial charge < -0.3 is 25.0 Å². The fourth-order valence-electron chi connectivity index (χ4n) is 4.11. The number of carboxylic acids is 1. The van der Waals surface area contributed by atoms with Gasteiger partial charge in [-0.05, 0) is 49.4 Å². The Morgan fingerprint density at radius 2 is 1.78 bits per heavy atom. The third-order valence-corrected chi connectivity index (χ3v) is 6.00. The Morgan fingerprint density at radius 3 is 2.47 bits per heavy atom. The topological polar surface area (TPSA) is 106 Å². The van der Waals surface area contributed by atoms with Crippen LogP contribution in [0.3, 0.4) is 0 Å². The molecule has 2 aromatic rings. The highest BCUT2D eigenvalue weighted by Crippen LogP contribution is 2.31. The molecule has 2 aliphatic rings. The lowest BCUT2D eigenvalue weighted by atomic mass is 9.94. The molecule has 0 saturated carbocycles. The number of piperazine rings is 1. The standard InChI is InChI=1S/C24H28N4O4/c1-27-8-10-28(11-9-27)23(25)17-2-4-18(5-3-17)24(31)26-20-6-7-21-19(14-20)12-16(15-32-21)13-22(29)30/h2-7,14,16,25H,8-13,15H2,1H3,(H,26,31)(H,29,30). The summed E-state index contributed by atoms with van der Waals surface area (Å²) in [6, 6.07) is 12.5. The Labute approximate surface area is 187 Å². The van der Waals surface area contributed by atoms with Gasteiger partial charge in [0.2, 0.25) is 0 Å². The minimum absolute atomic E-state index is 0.0610. The Bertz CT molecular complexity index is 1010. The SMILES string of the molecule is CN1CCN(C(=N)c2ccc(C(=O)Nc3ccc4c(c3)CC(CC(=O)O)CO4)cc2)CC1. The molecule has 8 nitrogen and oxygen atoms in total. The molecular formula is C24H28N4O4. The number of aliphatic carboxylic acids is 1. The third kappa shape index (κ3) is 5.08. The molecular weight excluding hydrogens is 408 g/mol. The smallest absolute Gasteiger partial charge is 0.303 e. The summed E-state index contributed by atoms with van der Waals surface area (Å²) in [4.78, 5) is 28.0. The molecule has 1 saturated heterocycles. The van der Waals surface area contributed by atoms with Crippen molar-refractivity contribution in [2.45, 2.75) is 12.8 Å².